The number of nitrogens with one attached hydrogen (secondary N) is 1. The van der Waals surface area contributed by atoms with Gasteiger partial charge in [0.2, 0.25) is 0 Å². The molecule has 0 aliphatic heterocycles. The minimum Gasteiger partial charge on any atom is -0.497 e. The highest BCUT2D eigenvalue weighted by atomic mass is 16.5. The Bertz CT molecular complexity index is 1540. The highest BCUT2D eigenvalue weighted by molar-refractivity contribution is 6.07. The molecule has 1 N–H and O–H groups in total. The quantitative estimate of drug-likeness (QED) is 0.317. The number of hydrogen-bond donors (Lipinski definition) is 1. The molecule has 1 amide bonds. The monoisotopic (exact) mass is 476 g/mol. The fourth-order valence-electron chi connectivity index (χ4n) is 4.41. The summed E-state index contributed by atoms with van der Waals surface area (Å²) in [5.41, 5.74) is 6.93. The molecule has 3 aromatic carbocycles. The SMILES string of the molecule is COc1ccc(-n2ncc(-c3cc(C(=O)NC(C)c4ccccc4)c4cc(C)ccc4n3)c2C)cc1. The molecule has 36 heavy (non-hydrogen) atoms. The van der Waals surface area contributed by atoms with Gasteiger partial charge in [-0.25, -0.2) is 9.67 Å². The summed E-state index contributed by atoms with van der Waals surface area (Å²) in [4.78, 5) is 18.4. The highest BCUT2D eigenvalue weighted by Gasteiger charge is 2.19. The van der Waals surface area contributed by atoms with E-state index in [1.165, 1.54) is 0 Å². The number of aromatic nitrogens is 3. The van der Waals surface area contributed by atoms with Crippen molar-refractivity contribution in [3.63, 3.8) is 0 Å². The van der Waals surface area contributed by atoms with Crippen molar-refractivity contribution >= 4 is 16.8 Å². The van der Waals surface area contributed by atoms with E-state index in [2.05, 4.69) is 10.4 Å². The van der Waals surface area contributed by atoms with Crippen LogP contribution < -0.4 is 10.1 Å². The largest absolute Gasteiger partial charge is 0.497 e. The second kappa shape index (κ2) is 9.66. The molecule has 0 radical (unpaired) electrons. The lowest BCUT2D eigenvalue weighted by molar-refractivity contribution is 0.0941. The van der Waals surface area contributed by atoms with Crippen LogP contribution in [0.25, 0.3) is 27.8 Å². The van der Waals surface area contributed by atoms with Gasteiger partial charge in [-0.1, -0.05) is 42.0 Å². The van der Waals surface area contributed by atoms with Crippen LogP contribution in [0.5, 0.6) is 5.75 Å². The molecule has 0 aliphatic carbocycles. The van der Waals surface area contributed by atoms with Gasteiger partial charge in [0.1, 0.15) is 5.75 Å². The van der Waals surface area contributed by atoms with Crippen LogP contribution in [0.2, 0.25) is 0 Å². The van der Waals surface area contributed by atoms with E-state index in [0.29, 0.717) is 11.3 Å². The van der Waals surface area contributed by atoms with Crippen molar-refractivity contribution in [3.8, 4) is 22.7 Å². The summed E-state index contributed by atoms with van der Waals surface area (Å²) < 4.78 is 7.14. The summed E-state index contributed by atoms with van der Waals surface area (Å²) in [6, 6.07) is 25.4. The molecular formula is C30H28N4O2. The van der Waals surface area contributed by atoms with Gasteiger partial charge in [-0.15, -0.1) is 0 Å². The van der Waals surface area contributed by atoms with Crippen LogP contribution in [0.3, 0.4) is 0 Å². The number of amides is 1. The first-order valence-corrected chi connectivity index (χ1v) is 11.9. The van der Waals surface area contributed by atoms with Crippen molar-refractivity contribution in [1.82, 2.24) is 20.1 Å². The predicted octanol–water partition coefficient (Wildman–Crippen LogP) is 6.20. The lowest BCUT2D eigenvalue weighted by Gasteiger charge is -2.16. The maximum absolute atomic E-state index is 13.5. The molecule has 0 fully saturated rings. The molecular weight excluding hydrogens is 448 g/mol. The Morgan fingerprint density at radius 1 is 0.972 bits per heavy atom. The van der Waals surface area contributed by atoms with Gasteiger partial charge in [0.05, 0.1) is 47.5 Å². The molecule has 1 unspecified atom stereocenters. The lowest BCUT2D eigenvalue weighted by Crippen LogP contribution is -2.27. The zero-order valence-electron chi connectivity index (χ0n) is 20.8. The number of nitrogens with zero attached hydrogens (tertiary/aromatic N) is 3. The number of carbonyl (C=O) groups excluding carboxylic acids is 1. The van der Waals surface area contributed by atoms with Gasteiger partial charge in [-0.3, -0.25) is 4.79 Å². The van der Waals surface area contributed by atoms with Crippen LogP contribution in [0.4, 0.5) is 0 Å². The zero-order valence-corrected chi connectivity index (χ0v) is 20.8. The second-order valence-electron chi connectivity index (χ2n) is 8.93. The molecule has 5 rings (SSSR count). The van der Waals surface area contributed by atoms with Crippen molar-refractivity contribution < 1.29 is 9.53 Å². The van der Waals surface area contributed by atoms with Gasteiger partial charge in [-0.05, 0) is 68.8 Å². The molecule has 2 heterocycles. The minimum absolute atomic E-state index is 0.130. The third-order valence-electron chi connectivity index (χ3n) is 6.46. The van der Waals surface area contributed by atoms with Crippen molar-refractivity contribution in [2.24, 2.45) is 0 Å². The van der Waals surface area contributed by atoms with Crippen LogP contribution in [0.1, 0.15) is 40.1 Å². The van der Waals surface area contributed by atoms with E-state index in [1.54, 1.807) is 13.3 Å². The third kappa shape index (κ3) is 4.45. The van der Waals surface area contributed by atoms with Crippen molar-refractivity contribution in [2.45, 2.75) is 26.8 Å². The standard InChI is InChI=1S/C30H28N4O2/c1-19-10-15-28-25(16-19)26(30(35)32-20(2)22-8-6-5-7-9-22)17-29(33-28)27-18-31-34(21(27)3)23-11-13-24(36-4)14-12-23/h5-18,20H,1-4H3,(H,32,35). The molecule has 180 valence electrons. The Balaban J connectivity index is 1.56. The first-order chi connectivity index (χ1) is 17.4. The van der Waals surface area contributed by atoms with E-state index in [1.807, 2.05) is 104 Å². The zero-order chi connectivity index (χ0) is 25.2. The molecule has 1 atom stereocenters. The molecule has 2 aromatic heterocycles. The van der Waals surface area contributed by atoms with Gasteiger partial charge in [-0.2, -0.15) is 5.10 Å². The maximum Gasteiger partial charge on any atom is 0.252 e. The first kappa shape index (κ1) is 23.3. The maximum atomic E-state index is 13.5. The van der Waals surface area contributed by atoms with Crippen molar-refractivity contribution in [1.29, 1.82) is 0 Å². The van der Waals surface area contributed by atoms with E-state index >= 15 is 0 Å². The average molecular weight is 477 g/mol. The average Bonchev–Trinajstić information content (AvgIpc) is 3.29. The van der Waals surface area contributed by atoms with Crippen molar-refractivity contribution in [3.05, 3.63) is 107 Å². The highest BCUT2D eigenvalue weighted by Crippen LogP contribution is 2.29. The number of fused-ring (bicyclic) bond motifs is 1. The summed E-state index contributed by atoms with van der Waals surface area (Å²) in [5, 5.41) is 8.60. The first-order valence-electron chi connectivity index (χ1n) is 11.9. The van der Waals surface area contributed by atoms with Crippen LogP contribution in [0, 0.1) is 13.8 Å². The van der Waals surface area contributed by atoms with Crippen LogP contribution in [0.15, 0.2) is 85.1 Å². The topological polar surface area (TPSA) is 69.0 Å². The number of hydrogen-bond acceptors (Lipinski definition) is 4. The number of methoxy groups -OCH3 is 1. The Kier molecular flexibility index (Phi) is 6.25. The summed E-state index contributed by atoms with van der Waals surface area (Å²) >= 11 is 0. The summed E-state index contributed by atoms with van der Waals surface area (Å²) in [6.07, 6.45) is 1.80. The summed E-state index contributed by atoms with van der Waals surface area (Å²) in [5.74, 6) is 0.654. The Morgan fingerprint density at radius 2 is 1.72 bits per heavy atom. The van der Waals surface area contributed by atoms with E-state index in [4.69, 9.17) is 9.72 Å². The Hall–Kier alpha value is -4.45. The van der Waals surface area contributed by atoms with Gasteiger partial charge in [0, 0.05) is 10.9 Å². The molecule has 0 spiro atoms. The lowest BCUT2D eigenvalue weighted by atomic mass is 10.0. The number of aryl methyl sites for hydroxylation is 1. The van der Waals surface area contributed by atoms with Gasteiger partial charge in [0.25, 0.3) is 5.91 Å². The van der Waals surface area contributed by atoms with Crippen LogP contribution >= 0.6 is 0 Å². The Morgan fingerprint density at radius 3 is 2.44 bits per heavy atom. The van der Waals surface area contributed by atoms with Crippen LogP contribution in [-0.2, 0) is 0 Å². The van der Waals surface area contributed by atoms with Gasteiger partial charge in [0.15, 0.2) is 0 Å². The fourth-order valence-corrected chi connectivity index (χ4v) is 4.41. The second-order valence-corrected chi connectivity index (χ2v) is 8.93. The fraction of sp³-hybridized carbons (Fsp3) is 0.167. The molecule has 0 aliphatic rings. The molecule has 5 aromatic rings. The van der Waals surface area contributed by atoms with Gasteiger partial charge >= 0.3 is 0 Å². The van der Waals surface area contributed by atoms with E-state index < -0.39 is 0 Å². The molecule has 6 nitrogen and oxygen atoms in total. The predicted molar refractivity (Wildman–Crippen MR) is 143 cm³/mol. The number of carbonyl (C=O) groups is 1. The summed E-state index contributed by atoms with van der Waals surface area (Å²) in [6.45, 7) is 6.02. The minimum atomic E-state index is -0.134. The molecule has 0 saturated heterocycles. The molecule has 0 saturated carbocycles. The van der Waals surface area contributed by atoms with E-state index in [-0.39, 0.29) is 11.9 Å². The van der Waals surface area contributed by atoms with Crippen molar-refractivity contribution in [2.75, 3.05) is 7.11 Å². The van der Waals surface area contributed by atoms with E-state index in [0.717, 1.165) is 44.7 Å². The summed E-state index contributed by atoms with van der Waals surface area (Å²) in [7, 11) is 1.65. The van der Waals surface area contributed by atoms with Gasteiger partial charge < -0.3 is 10.1 Å². The third-order valence-corrected chi connectivity index (χ3v) is 6.46. The Labute approximate surface area is 210 Å². The van der Waals surface area contributed by atoms with Crippen LogP contribution in [-0.4, -0.2) is 27.8 Å². The number of benzene rings is 3. The van der Waals surface area contributed by atoms with E-state index in [9.17, 15) is 4.79 Å². The molecule has 0 bridgehead atoms. The smallest absolute Gasteiger partial charge is 0.252 e. The molecule has 6 heteroatoms. The number of pyridine rings is 1. The number of rotatable bonds is 6. The normalized spacial score (nSPS) is 11.9. The number of ether oxygens (including phenoxy) is 1.